The van der Waals surface area contributed by atoms with Crippen LogP contribution in [0.1, 0.15) is 62.4 Å². The van der Waals surface area contributed by atoms with E-state index in [1.54, 1.807) is 24.3 Å². The maximum atomic E-state index is 14.0. The van der Waals surface area contributed by atoms with Crippen LogP contribution in [0.5, 0.6) is 5.75 Å². The van der Waals surface area contributed by atoms with Gasteiger partial charge in [-0.3, -0.25) is 19.2 Å². The predicted molar refractivity (Wildman–Crippen MR) is 162 cm³/mol. The van der Waals surface area contributed by atoms with E-state index in [0.717, 1.165) is 23.7 Å². The van der Waals surface area contributed by atoms with Crippen LogP contribution in [-0.4, -0.2) is 64.6 Å². The normalized spacial score (nSPS) is 21.9. The van der Waals surface area contributed by atoms with E-state index in [4.69, 9.17) is 14.2 Å². The first kappa shape index (κ1) is 32.0. The Bertz CT molecular complexity index is 1320. The summed E-state index contributed by atoms with van der Waals surface area (Å²) in [6.07, 6.45) is 0.657. The molecule has 2 N–H and O–H groups in total. The standard InChI is InChI=1S/C31H38N4O7S/c1-5-6-16-31(30(39)33-24-17-25(36)42-29(24)41-18-21-10-8-7-9-11-21)35(32-19-43-31)28(38)26(20(2)3)34-27(37)22-12-14-23(40-4)15-13-22/h7-15,19-20,24,26,29H,5-6,16-18H2,1-4H3,(H,33,39)(H,34,37). The maximum absolute atomic E-state index is 14.0. The fraction of sp³-hybridized carbons (Fsp3) is 0.452. The van der Waals surface area contributed by atoms with Gasteiger partial charge in [0.05, 0.1) is 25.7 Å². The molecule has 12 heteroatoms. The number of nitrogens with zero attached hydrogens (tertiary/aromatic N) is 2. The Morgan fingerprint density at radius 2 is 1.86 bits per heavy atom. The summed E-state index contributed by atoms with van der Waals surface area (Å²) in [5, 5.41) is 11.2. The predicted octanol–water partition coefficient (Wildman–Crippen LogP) is 3.83. The number of methoxy groups -OCH3 is 1. The highest BCUT2D eigenvalue weighted by molar-refractivity contribution is 8.14. The molecular weight excluding hydrogens is 572 g/mol. The second kappa shape index (κ2) is 14.5. The van der Waals surface area contributed by atoms with Gasteiger partial charge in [-0.25, -0.2) is 5.01 Å². The van der Waals surface area contributed by atoms with Crippen molar-refractivity contribution in [3.05, 3.63) is 65.7 Å². The number of unbranched alkanes of at least 4 members (excludes halogenated alkanes) is 1. The molecule has 230 valence electrons. The number of hydrazone groups is 1. The molecule has 4 unspecified atom stereocenters. The zero-order valence-corrected chi connectivity index (χ0v) is 25.6. The van der Waals surface area contributed by atoms with Gasteiger partial charge in [0, 0.05) is 5.56 Å². The second-order valence-electron chi connectivity index (χ2n) is 10.7. The molecular formula is C31H38N4O7S. The van der Waals surface area contributed by atoms with Crippen molar-refractivity contribution in [2.45, 2.75) is 76.3 Å². The number of nitrogens with one attached hydrogen (secondary N) is 2. The van der Waals surface area contributed by atoms with E-state index in [2.05, 4.69) is 15.7 Å². The quantitative estimate of drug-likeness (QED) is 0.327. The number of amides is 3. The summed E-state index contributed by atoms with van der Waals surface area (Å²) in [4.78, 5) is 52.0. The van der Waals surface area contributed by atoms with Crippen LogP contribution in [0.15, 0.2) is 59.7 Å². The molecule has 0 spiro atoms. The van der Waals surface area contributed by atoms with Crippen molar-refractivity contribution in [3.8, 4) is 5.75 Å². The molecule has 1 saturated heterocycles. The lowest BCUT2D eigenvalue weighted by atomic mass is 10.00. The molecule has 4 rings (SSSR count). The first-order chi connectivity index (χ1) is 20.7. The summed E-state index contributed by atoms with van der Waals surface area (Å²) < 4.78 is 16.4. The van der Waals surface area contributed by atoms with Crippen LogP contribution in [0, 0.1) is 5.92 Å². The molecule has 2 heterocycles. The molecule has 11 nitrogen and oxygen atoms in total. The lowest BCUT2D eigenvalue weighted by molar-refractivity contribution is -0.168. The van der Waals surface area contributed by atoms with Gasteiger partial charge in [0.1, 0.15) is 17.8 Å². The summed E-state index contributed by atoms with van der Waals surface area (Å²) in [5.41, 5.74) is 2.72. The van der Waals surface area contributed by atoms with E-state index < -0.39 is 46.9 Å². The Hall–Kier alpha value is -3.90. The molecule has 0 aromatic heterocycles. The molecule has 4 atom stereocenters. The Labute approximate surface area is 255 Å². The number of carbonyl (C=O) groups is 4. The first-order valence-corrected chi connectivity index (χ1v) is 15.2. The monoisotopic (exact) mass is 610 g/mol. The number of carbonyl (C=O) groups excluding carboxylic acids is 4. The molecule has 2 aromatic carbocycles. The summed E-state index contributed by atoms with van der Waals surface area (Å²) in [5.74, 6) is -1.63. The Morgan fingerprint density at radius 1 is 1.14 bits per heavy atom. The van der Waals surface area contributed by atoms with Gasteiger partial charge in [-0.1, -0.05) is 69.3 Å². The van der Waals surface area contributed by atoms with Crippen LogP contribution < -0.4 is 15.4 Å². The van der Waals surface area contributed by atoms with Crippen LogP contribution in [0.2, 0.25) is 0 Å². The van der Waals surface area contributed by atoms with Gasteiger partial charge in [0.15, 0.2) is 4.87 Å². The van der Waals surface area contributed by atoms with Crippen molar-refractivity contribution >= 4 is 41.0 Å². The third kappa shape index (κ3) is 7.55. The molecule has 43 heavy (non-hydrogen) atoms. The minimum absolute atomic E-state index is 0.0684. The van der Waals surface area contributed by atoms with Crippen molar-refractivity contribution in [2.24, 2.45) is 11.0 Å². The number of benzene rings is 2. The SMILES string of the molecule is CCCCC1(C(=O)NC2CC(=O)OC2OCc2ccccc2)SC=NN1C(=O)C(NC(=O)c1ccc(OC)cc1)C(C)C. The van der Waals surface area contributed by atoms with Crippen molar-refractivity contribution in [1.82, 2.24) is 15.6 Å². The number of hydrogen-bond acceptors (Lipinski definition) is 9. The van der Waals surface area contributed by atoms with Crippen molar-refractivity contribution in [2.75, 3.05) is 7.11 Å². The average Bonchev–Trinajstić information content (AvgIpc) is 3.61. The second-order valence-corrected chi connectivity index (χ2v) is 11.9. The van der Waals surface area contributed by atoms with Crippen LogP contribution in [0.25, 0.3) is 0 Å². The number of rotatable bonds is 13. The lowest BCUT2D eigenvalue weighted by Crippen LogP contribution is -2.61. The summed E-state index contributed by atoms with van der Waals surface area (Å²) in [7, 11) is 1.54. The lowest BCUT2D eigenvalue weighted by Gasteiger charge is -2.37. The molecule has 1 fully saturated rings. The first-order valence-electron chi connectivity index (χ1n) is 14.3. The highest BCUT2D eigenvalue weighted by atomic mass is 32.2. The minimum atomic E-state index is -1.42. The van der Waals surface area contributed by atoms with Gasteiger partial charge >= 0.3 is 5.97 Å². The van der Waals surface area contributed by atoms with E-state index in [-0.39, 0.29) is 18.9 Å². The van der Waals surface area contributed by atoms with E-state index in [1.807, 2.05) is 51.1 Å². The van der Waals surface area contributed by atoms with Crippen LogP contribution in [0.3, 0.4) is 0 Å². The molecule has 0 radical (unpaired) electrons. The Balaban J connectivity index is 1.52. The van der Waals surface area contributed by atoms with E-state index >= 15 is 0 Å². The zero-order valence-electron chi connectivity index (χ0n) is 24.8. The van der Waals surface area contributed by atoms with Gasteiger partial charge in [0.25, 0.3) is 17.7 Å². The number of thioether (sulfide) groups is 1. The van der Waals surface area contributed by atoms with Crippen molar-refractivity contribution < 1.29 is 33.4 Å². The molecule has 2 aliphatic rings. The highest BCUT2D eigenvalue weighted by Crippen LogP contribution is 2.40. The average molecular weight is 611 g/mol. The fourth-order valence-electron chi connectivity index (χ4n) is 4.83. The van der Waals surface area contributed by atoms with Crippen LogP contribution in [0.4, 0.5) is 0 Å². The summed E-state index contributed by atoms with van der Waals surface area (Å²) in [6.45, 7) is 5.81. The summed E-state index contributed by atoms with van der Waals surface area (Å²) >= 11 is 1.13. The maximum Gasteiger partial charge on any atom is 0.310 e. The van der Waals surface area contributed by atoms with E-state index in [1.165, 1.54) is 17.7 Å². The third-order valence-corrected chi connectivity index (χ3v) is 8.45. The largest absolute Gasteiger partial charge is 0.497 e. The van der Waals surface area contributed by atoms with E-state index in [0.29, 0.717) is 24.2 Å². The molecule has 0 bridgehead atoms. The van der Waals surface area contributed by atoms with Gasteiger partial charge in [-0.05, 0) is 48.6 Å². The Morgan fingerprint density at radius 3 is 2.51 bits per heavy atom. The topological polar surface area (TPSA) is 136 Å². The van der Waals surface area contributed by atoms with Gasteiger partial charge < -0.3 is 24.8 Å². The van der Waals surface area contributed by atoms with Crippen molar-refractivity contribution in [1.29, 1.82) is 0 Å². The van der Waals surface area contributed by atoms with Gasteiger partial charge in [-0.2, -0.15) is 5.10 Å². The summed E-state index contributed by atoms with van der Waals surface area (Å²) in [6, 6.07) is 14.3. The minimum Gasteiger partial charge on any atom is -0.497 e. The number of esters is 1. The molecule has 0 aliphatic carbocycles. The van der Waals surface area contributed by atoms with Gasteiger partial charge in [-0.15, -0.1) is 0 Å². The van der Waals surface area contributed by atoms with Crippen molar-refractivity contribution in [3.63, 3.8) is 0 Å². The van der Waals surface area contributed by atoms with Crippen LogP contribution in [-0.2, 0) is 30.5 Å². The molecule has 2 aromatic rings. The zero-order chi connectivity index (χ0) is 31.0. The molecule has 2 aliphatic heterocycles. The third-order valence-electron chi connectivity index (χ3n) is 7.29. The number of ether oxygens (including phenoxy) is 3. The highest BCUT2D eigenvalue weighted by Gasteiger charge is 2.53. The number of hydrogen-bond donors (Lipinski definition) is 2. The molecule has 3 amide bonds. The van der Waals surface area contributed by atoms with E-state index in [9.17, 15) is 19.2 Å². The Kier molecular flexibility index (Phi) is 10.8. The fourth-order valence-corrected chi connectivity index (χ4v) is 5.81. The van der Waals surface area contributed by atoms with Crippen LogP contribution >= 0.6 is 11.8 Å². The van der Waals surface area contributed by atoms with Gasteiger partial charge in [0.2, 0.25) is 6.29 Å². The smallest absolute Gasteiger partial charge is 0.310 e. The number of cyclic esters (lactones) is 1. The molecule has 0 saturated carbocycles.